The molecule has 0 aliphatic rings. The second kappa shape index (κ2) is 7.97. The van der Waals surface area contributed by atoms with Gasteiger partial charge in [-0.2, -0.15) is 5.10 Å². The molecule has 0 unspecified atom stereocenters. The van der Waals surface area contributed by atoms with Crippen LogP contribution in [0.15, 0.2) is 57.2 Å². The maximum Gasteiger partial charge on any atom is 0.350 e. The van der Waals surface area contributed by atoms with Gasteiger partial charge in [-0.15, -0.1) is 4.68 Å². The first-order valence-electron chi connectivity index (χ1n) is 9.30. The van der Waals surface area contributed by atoms with E-state index in [9.17, 15) is 9.59 Å². The number of fused-ring (bicyclic) bond motifs is 3. The van der Waals surface area contributed by atoms with Crippen molar-refractivity contribution in [2.45, 2.75) is 19.8 Å². The van der Waals surface area contributed by atoms with Crippen LogP contribution in [0.25, 0.3) is 21.9 Å². The summed E-state index contributed by atoms with van der Waals surface area (Å²) in [6, 6.07) is 12.4. The van der Waals surface area contributed by atoms with Crippen LogP contribution in [0.3, 0.4) is 0 Å². The first-order chi connectivity index (χ1) is 14.1. The van der Waals surface area contributed by atoms with Crippen molar-refractivity contribution in [3.05, 3.63) is 73.9 Å². The topological polar surface area (TPSA) is 92.2 Å². The fourth-order valence-corrected chi connectivity index (χ4v) is 3.20. The SMILES string of the molecule is CCCCOc1ccc(C=Nn2c(=O)[nH]c3c([nH]c4ccc(Cl)cc43)c2=O)cc1. The standard InChI is InChI=1S/C21H19ClN4O3/c1-2-3-10-29-15-7-4-13(5-8-15)12-23-26-20(27)19-18(25-21(26)28)16-11-14(22)6-9-17(16)24-19/h4-9,11-12,24H,2-3,10H2,1H3,(H,25,28). The smallest absolute Gasteiger partial charge is 0.350 e. The van der Waals surface area contributed by atoms with Gasteiger partial charge in [0.15, 0.2) is 0 Å². The molecule has 0 aliphatic heterocycles. The number of hydrogen-bond donors (Lipinski definition) is 2. The molecule has 0 bridgehead atoms. The van der Waals surface area contributed by atoms with Crippen molar-refractivity contribution in [1.82, 2.24) is 14.6 Å². The third-order valence-electron chi connectivity index (χ3n) is 4.56. The van der Waals surface area contributed by atoms with Crippen molar-refractivity contribution in [3.8, 4) is 5.75 Å². The molecule has 4 rings (SSSR count). The van der Waals surface area contributed by atoms with Crippen molar-refractivity contribution < 1.29 is 4.74 Å². The molecule has 0 amide bonds. The number of aromatic amines is 2. The Labute approximate surface area is 170 Å². The normalized spacial score (nSPS) is 11.7. The molecule has 0 aliphatic carbocycles. The molecule has 7 nitrogen and oxygen atoms in total. The summed E-state index contributed by atoms with van der Waals surface area (Å²) in [6.07, 6.45) is 3.52. The largest absolute Gasteiger partial charge is 0.494 e. The van der Waals surface area contributed by atoms with Crippen LogP contribution in [0.4, 0.5) is 0 Å². The minimum atomic E-state index is -0.626. The van der Waals surface area contributed by atoms with Gasteiger partial charge in [0, 0.05) is 15.9 Å². The number of halogens is 1. The van der Waals surface area contributed by atoms with Crippen LogP contribution in [0.1, 0.15) is 25.3 Å². The fraction of sp³-hybridized carbons (Fsp3) is 0.190. The van der Waals surface area contributed by atoms with Crippen LogP contribution < -0.4 is 16.0 Å². The Morgan fingerprint density at radius 2 is 1.90 bits per heavy atom. The molecule has 0 atom stereocenters. The Hall–Kier alpha value is -3.32. The van der Waals surface area contributed by atoms with Crippen LogP contribution in [0.2, 0.25) is 5.02 Å². The monoisotopic (exact) mass is 410 g/mol. The van der Waals surface area contributed by atoms with E-state index in [1.54, 1.807) is 18.2 Å². The summed E-state index contributed by atoms with van der Waals surface area (Å²) < 4.78 is 6.42. The molecule has 8 heteroatoms. The fourth-order valence-electron chi connectivity index (χ4n) is 3.03. The first kappa shape index (κ1) is 19.0. The average Bonchev–Trinajstić information content (AvgIpc) is 3.07. The number of benzene rings is 2. The molecule has 2 aromatic carbocycles. The Balaban J connectivity index is 1.66. The summed E-state index contributed by atoms with van der Waals surface area (Å²) >= 11 is 6.03. The van der Waals surface area contributed by atoms with Crippen LogP contribution in [-0.2, 0) is 0 Å². The predicted molar refractivity (Wildman–Crippen MR) is 116 cm³/mol. The van der Waals surface area contributed by atoms with Crippen molar-refractivity contribution in [2.75, 3.05) is 6.61 Å². The van der Waals surface area contributed by atoms with Crippen LogP contribution in [0.5, 0.6) is 5.75 Å². The van der Waals surface area contributed by atoms with E-state index in [4.69, 9.17) is 16.3 Å². The first-order valence-corrected chi connectivity index (χ1v) is 9.68. The van der Waals surface area contributed by atoms with E-state index in [1.165, 1.54) is 6.21 Å². The minimum absolute atomic E-state index is 0.263. The van der Waals surface area contributed by atoms with Crippen molar-refractivity contribution in [2.24, 2.45) is 5.10 Å². The summed E-state index contributed by atoms with van der Waals surface area (Å²) in [5.41, 5.74) is 0.961. The molecule has 0 saturated carbocycles. The van der Waals surface area contributed by atoms with Crippen molar-refractivity contribution in [3.63, 3.8) is 0 Å². The zero-order chi connectivity index (χ0) is 20.4. The highest BCUT2D eigenvalue weighted by atomic mass is 35.5. The van der Waals surface area contributed by atoms with Gasteiger partial charge in [-0.1, -0.05) is 24.9 Å². The van der Waals surface area contributed by atoms with Crippen molar-refractivity contribution in [1.29, 1.82) is 0 Å². The van der Waals surface area contributed by atoms with E-state index < -0.39 is 11.2 Å². The van der Waals surface area contributed by atoms with Gasteiger partial charge in [-0.05, 0) is 54.4 Å². The Kier molecular flexibility index (Phi) is 5.22. The van der Waals surface area contributed by atoms with Gasteiger partial charge in [-0.3, -0.25) is 4.79 Å². The summed E-state index contributed by atoms with van der Waals surface area (Å²) in [5.74, 6) is 0.767. The Morgan fingerprint density at radius 3 is 2.66 bits per heavy atom. The number of unbranched alkanes of at least 4 members (excludes halogenated alkanes) is 1. The van der Waals surface area contributed by atoms with Gasteiger partial charge in [0.2, 0.25) is 0 Å². The quantitative estimate of drug-likeness (QED) is 0.373. The summed E-state index contributed by atoms with van der Waals surface area (Å²) in [7, 11) is 0. The Bertz CT molecular complexity index is 1320. The number of H-pyrrole nitrogens is 2. The van der Waals surface area contributed by atoms with E-state index >= 15 is 0 Å². The van der Waals surface area contributed by atoms with Gasteiger partial charge in [-0.25, -0.2) is 4.79 Å². The van der Waals surface area contributed by atoms with E-state index in [2.05, 4.69) is 22.0 Å². The molecule has 148 valence electrons. The molecule has 0 spiro atoms. The zero-order valence-corrected chi connectivity index (χ0v) is 16.5. The van der Waals surface area contributed by atoms with Gasteiger partial charge < -0.3 is 14.7 Å². The maximum atomic E-state index is 12.8. The highest BCUT2D eigenvalue weighted by Crippen LogP contribution is 2.24. The van der Waals surface area contributed by atoms with Gasteiger partial charge in [0.1, 0.15) is 11.3 Å². The molecule has 2 N–H and O–H groups in total. The number of ether oxygens (including phenoxy) is 1. The van der Waals surface area contributed by atoms with Crippen LogP contribution in [-0.4, -0.2) is 27.5 Å². The molecule has 2 heterocycles. The lowest BCUT2D eigenvalue weighted by Crippen LogP contribution is -2.32. The zero-order valence-electron chi connectivity index (χ0n) is 15.7. The molecular weight excluding hydrogens is 392 g/mol. The van der Waals surface area contributed by atoms with Gasteiger partial charge >= 0.3 is 11.2 Å². The second-order valence-corrected chi connectivity index (χ2v) is 7.06. The number of rotatable bonds is 6. The van der Waals surface area contributed by atoms with Crippen LogP contribution in [0, 0.1) is 0 Å². The predicted octanol–water partition coefficient (Wildman–Crippen LogP) is 3.89. The number of nitrogens with zero attached hydrogens (tertiary/aromatic N) is 2. The second-order valence-electron chi connectivity index (χ2n) is 6.63. The summed E-state index contributed by atoms with van der Waals surface area (Å²) in [5, 5.41) is 5.26. The lowest BCUT2D eigenvalue weighted by atomic mass is 10.2. The third-order valence-corrected chi connectivity index (χ3v) is 4.80. The highest BCUT2D eigenvalue weighted by molar-refractivity contribution is 6.31. The number of hydrogen-bond acceptors (Lipinski definition) is 4. The Morgan fingerprint density at radius 1 is 1.10 bits per heavy atom. The number of aromatic nitrogens is 3. The molecule has 29 heavy (non-hydrogen) atoms. The lowest BCUT2D eigenvalue weighted by molar-refractivity contribution is 0.309. The summed E-state index contributed by atoms with van der Waals surface area (Å²) in [6.45, 7) is 2.78. The molecular formula is C21H19ClN4O3. The van der Waals surface area contributed by atoms with Gasteiger partial charge in [0.25, 0.3) is 0 Å². The van der Waals surface area contributed by atoms with E-state index in [0.29, 0.717) is 28.0 Å². The molecule has 0 saturated heterocycles. The van der Waals surface area contributed by atoms with E-state index in [1.807, 2.05) is 24.3 Å². The lowest BCUT2D eigenvalue weighted by Gasteiger charge is -2.04. The van der Waals surface area contributed by atoms with Crippen molar-refractivity contribution >= 4 is 39.8 Å². The van der Waals surface area contributed by atoms with E-state index in [-0.39, 0.29) is 5.52 Å². The highest BCUT2D eigenvalue weighted by Gasteiger charge is 2.12. The molecule has 0 fully saturated rings. The average molecular weight is 411 g/mol. The van der Waals surface area contributed by atoms with Gasteiger partial charge in [0.05, 0.1) is 18.3 Å². The molecule has 4 aromatic rings. The number of nitrogens with one attached hydrogen (secondary N) is 2. The molecule has 2 aromatic heterocycles. The van der Waals surface area contributed by atoms with Crippen LogP contribution >= 0.6 is 11.6 Å². The minimum Gasteiger partial charge on any atom is -0.494 e. The maximum absolute atomic E-state index is 12.8. The summed E-state index contributed by atoms with van der Waals surface area (Å²) in [4.78, 5) is 30.9. The van der Waals surface area contributed by atoms with E-state index in [0.717, 1.165) is 28.8 Å². The molecule has 0 radical (unpaired) electrons. The third kappa shape index (κ3) is 3.82.